The summed E-state index contributed by atoms with van der Waals surface area (Å²) in [6.07, 6.45) is 1.73. The van der Waals surface area contributed by atoms with Gasteiger partial charge in [0.05, 0.1) is 15.9 Å². The average Bonchev–Trinajstić information content (AvgIpc) is 3.94. The number of hydrogen-bond donors (Lipinski definition) is 0. The van der Waals surface area contributed by atoms with Gasteiger partial charge >= 0.3 is 0 Å². The van der Waals surface area contributed by atoms with Gasteiger partial charge in [-0.05, 0) is 97.1 Å². The maximum Gasteiger partial charge on any atom is 0.116 e. The number of thiophene rings is 2. The van der Waals surface area contributed by atoms with Crippen LogP contribution in [0.1, 0.15) is 25.0 Å². The SMILES string of the molecule is CC1(C)c2ccccc2-c2ccc(-c3cccc4c3sc3c(-c5cccc(-c6cccc(-c7ccc(-c8ccc9c(c8)sc8ccccc89)cc7)c6)c5)ncnc34)cc21. The van der Waals surface area contributed by atoms with E-state index in [0.29, 0.717) is 0 Å². The zero-order chi connectivity index (χ0) is 39.2. The van der Waals surface area contributed by atoms with E-state index in [1.807, 2.05) is 11.3 Å². The van der Waals surface area contributed by atoms with Gasteiger partial charge < -0.3 is 0 Å². The molecule has 3 aromatic heterocycles. The summed E-state index contributed by atoms with van der Waals surface area (Å²) in [6.45, 7) is 4.69. The van der Waals surface area contributed by atoms with Crippen LogP contribution in [0.5, 0.6) is 0 Å². The molecule has 0 saturated carbocycles. The minimum atomic E-state index is -0.0553. The quantitative estimate of drug-likeness (QED) is 0.174. The molecule has 3 heterocycles. The van der Waals surface area contributed by atoms with Crippen molar-refractivity contribution in [3.8, 4) is 66.9 Å². The van der Waals surface area contributed by atoms with E-state index in [-0.39, 0.29) is 5.41 Å². The Kier molecular flexibility index (Phi) is 7.65. The summed E-state index contributed by atoms with van der Waals surface area (Å²) in [7, 11) is 0. The molecule has 0 bridgehead atoms. The maximum absolute atomic E-state index is 4.92. The van der Waals surface area contributed by atoms with E-state index in [4.69, 9.17) is 9.97 Å². The van der Waals surface area contributed by atoms with Gasteiger partial charge in [0.2, 0.25) is 0 Å². The van der Waals surface area contributed by atoms with Crippen LogP contribution >= 0.6 is 22.7 Å². The fraction of sp³-hybridized carbons (Fsp3) is 0.0545. The molecule has 59 heavy (non-hydrogen) atoms. The zero-order valence-corrected chi connectivity index (χ0v) is 34.2. The Labute approximate surface area is 350 Å². The highest BCUT2D eigenvalue weighted by Crippen LogP contribution is 2.51. The van der Waals surface area contributed by atoms with Crippen molar-refractivity contribution in [3.05, 3.63) is 193 Å². The van der Waals surface area contributed by atoms with Gasteiger partial charge in [-0.3, -0.25) is 0 Å². The fourth-order valence-corrected chi connectivity index (χ4v) is 11.8. The number of benzene rings is 8. The Hall–Kier alpha value is -6.72. The first-order chi connectivity index (χ1) is 29.0. The molecule has 0 saturated heterocycles. The van der Waals surface area contributed by atoms with E-state index in [9.17, 15) is 0 Å². The monoisotopic (exact) mass is 788 g/mol. The highest BCUT2D eigenvalue weighted by molar-refractivity contribution is 7.27. The molecule has 0 amide bonds. The standard InChI is InChI=1S/C55H36N2S2/c1-55(2)47-18-5-3-14-42(47)43-26-25-39(30-48(43)55)41-16-9-17-46-52-54(59-53(41)46)51(56-32-57-52)40-13-8-12-37(29-40)36-11-7-10-35(28-36)33-20-22-34(23-21-33)38-24-27-45-44-15-4-6-19-49(44)58-50(45)31-38/h3-32H,1-2H3. The molecule has 0 spiro atoms. The number of aromatic nitrogens is 2. The van der Waals surface area contributed by atoms with Gasteiger partial charge in [-0.2, -0.15) is 0 Å². The van der Waals surface area contributed by atoms with Crippen LogP contribution in [0.3, 0.4) is 0 Å². The van der Waals surface area contributed by atoms with Crippen molar-refractivity contribution in [2.24, 2.45) is 0 Å². The van der Waals surface area contributed by atoms with E-state index in [0.717, 1.165) is 27.0 Å². The van der Waals surface area contributed by atoms with Crippen molar-refractivity contribution in [3.63, 3.8) is 0 Å². The second kappa shape index (κ2) is 13.2. The summed E-state index contributed by atoms with van der Waals surface area (Å²) >= 11 is 3.67. The lowest BCUT2D eigenvalue weighted by Crippen LogP contribution is -2.14. The Morgan fingerprint density at radius 1 is 0.373 bits per heavy atom. The van der Waals surface area contributed by atoms with Crippen LogP contribution in [0.4, 0.5) is 0 Å². The molecule has 11 aromatic rings. The maximum atomic E-state index is 4.92. The van der Waals surface area contributed by atoms with E-state index in [2.05, 4.69) is 190 Å². The molecule has 0 atom stereocenters. The Balaban J connectivity index is 0.873. The van der Waals surface area contributed by atoms with Gasteiger partial charge in [-0.25, -0.2) is 9.97 Å². The van der Waals surface area contributed by atoms with Crippen LogP contribution in [-0.4, -0.2) is 9.97 Å². The van der Waals surface area contributed by atoms with E-state index in [1.165, 1.54) is 91.5 Å². The van der Waals surface area contributed by atoms with Crippen LogP contribution in [0.15, 0.2) is 182 Å². The smallest absolute Gasteiger partial charge is 0.116 e. The second-order valence-electron chi connectivity index (χ2n) is 16.2. The first-order valence-electron chi connectivity index (χ1n) is 20.1. The van der Waals surface area contributed by atoms with Crippen molar-refractivity contribution < 1.29 is 0 Å². The van der Waals surface area contributed by atoms with Gasteiger partial charge in [0.15, 0.2) is 0 Å². The van der Waals surface area contributed by atoms with Crippen LogP contribution < -0.4 is 0 Å². The first-order valence-corrected chi connectivity index (χ1v) is 21.8. The lowest BCUT2D eigenvalue weighted by molar-refractivity contribution is 0.660. The largest absolute Gasteiger partial charge is 0.235 e. The first kappa shape index (κ1) is 34.3. The summed E-state index contributed by atoms with van der Waals surface area (Å²) in [5.74, 6) is 0. The Bertz CT molecular complexity index is 3480. The average molecular weight is 789 g/mol. The Morgan fingerprint density at radius 3 is 1.80 bits per heavy atom. The molecule has 1 aliphatic rings. The molecule has 0 fully saturated rings. The zero-order valence-electron chi connectivity index (χ0n) is 32.5. The summed E-state index contributed by atoms with van der Waals surface area (Å²) in [4.78, 5) is 9.80. The Morgan fingerprint density at radius 2 is 0.966 bits per heavy atom. The molecule has 12 rings (SSSR count). The third kappa shape index (κ3) is 5.44. The summed E-state index contributed by atoms with van der Waals surface area (Å²) in [5.41, 5.74) is 18.1. The molecule has 278 valence electrons. The van der Waals surface area contributed by atoms with Crippen LogP contribution in [0.25, 0.3) is 107 Å². The van der Waals surface area contributed by atoms with Gasteiger partial charge in [0, 0.05) is 41.2 Å². The topological polar surface area (TPSA) is 25.8 Å². The van der Waals surface area contributed by atoms with E-state index >= 15 is 0 Å². The third-order valence-corrected chi connectivity index (χ3v) is 14.8. The lowest BCUT2D eigenvalue weighted by Gasteiger charge is -2.22. The normalized spacial score (nSPS) is 13.1. The predicted octanol–water partition coefficient (Wildman–Crippen LogP) is 15.9. The molecule has 8 aromatic carbocycles. The minimum Gasteiger partial charge on any atom is -0.235 e. The molecule has 0 N–H and O–H groups in total. The fourth-order valence-electron chi connectivity index (χ4n) is 9.39. The number of nitrogens with zero attached hydrogens (tertiary/aromatic N) is 2. The molecule has 0 aliphatic heterocycles. The van der Waals surface area contributed by atoms with Gasteiger partial charge in [-0.1, -0.05) is 159 Å². The number of hydrogen-bond acceptors (Lipinski definition) is 4. The van der Waals surface area contributed by atoms with Crippen LogP contribution in [-0.2, 0) is 5.41 Å². The van der Waals surface area contributed by atoms with Crippen molar-refractivity contribution in [2.45, 2.75) is 19.3 Å². The summed E-state index contributed by atoms with van der Waals surface area (Å²) in [6, 6.07) is 64.7. The molecule has 1 aliphatic carbocycles. The van der Waals surface area contributed by atoms with Gasteiger partial charge in [-0.15, -0.1) is 22.7 Å². The van der Waals surface area contributed by atoms with Crippen molar-refractivity contribution in [1.82, 2.24) is 9.97 Å². The van der Waals surface area contributed by atoms with E-state index in [1.54, 1.807) is 17.7 Å². The number of fused-ring (bicyclic) bond motifs is 9. The van der Waals surface area contributed by atoms with E-state index < -0.39 is 0 Å². The molecule has 0 unspecified atom stereocenters. The summed E-state index contributed by atoms with van der Waals surface area (Å²) in [5, 5.41) is 3.84. The van der Waals surface area contributed by atoms with Crippen molar-refractivity contribution >= 4 is 63.1 Å². The molecule has 4 heteroatoms. The minimum absolute atomic E-state index is 0.0553. The van der Waals surface area contributed by atoms with Crippen LogP contribution in [0, 0.1) is 0 Å². The van der Waals surface area contributed by atoms with Crippen LogP contribution in [0.2, 0.25) is 0 Å². The predicted molar refractivity (Wildman–Crippen MR) is 253 cm³/mol. The molecule has 0 radical (unpaired) electrons. The highest BCUT2D eigenvalue weighted by Gasteiger charge is 2.35. The highest BCUT2D eigenvalue weighted by atomic mass is 32.1. The molecule has 2 nitrogen and oxygen atoms in total. The third-order valence-electron chi connectivity index (χ3n) is 12.4. The summed E-state index contributed by atoms with van der Waals surface area (Å²) < 4.78 is 5.02. The lowest BCUT2D eigenvalue weighted by atomic mass is 9.81. The van der Waals surface area contributed by atoms with Gasteiger partial charge in [0.25, 0.3) is 0 Å². The molecular weight excluding hydrogens is 753 g/mol. The second-order valence-corrected chi connectivity index (χ2v) is 18.3. The molecular formula is C55H36N2S2. The van der Waals surface area contributed by atoms with Crippen molar-refractivity contribution in [1.29, 1.82) is 0 Å². The van der Waals surface area contributed by atoms with Gasteiger partial charge in [0.1, 0.15) is 6.33 Å². The number of rotatable bonds is 5. The van der Waals surface area contributed by atoms with Crippen molar-refractivity contribution in [2.75, 3.05) is 0 Å².